The average molecular weight is 309 g/mol. The molecule has 2 atom stereocenters. The summed E-state index contributed by atoms with van der Waals surface area (Å²) in [4.78, 5) is 12.1. The van der Waals surface area contributed by atoms with E-state index in [0.717, 1.165) is 37.1 Å². The second-order valence-electron chi connectivity index (χ2n) is 7.21. The largest absolute Gasteiger partial charge is 0.483 e. The first-order valence-electron chi connectivity index (χ1n) is 8.32. The van der Waals surface area contributed by atoms with Crippen LogP contribution in [0.15, 0.2) is 9.98 Å². The number of hydrogen-bond donors (Lipinski definition) is 0. The van der Waals surface area contributed by atoms with Crippen molar-refractivity contribution in [1.29, 1.82) is 0 Å². The van der Waals surface area contributed by atoms with E-state index in [1.54, 1.807) is 14.2 Å². The zero-order valence-corrected chi connectivity index (χ0v) is 14.9. The van der Waals surface area contributed by atoms with E-state index in [0.29, 0.717) is 5.92 Å². The van der Waals surface area contributed by atoms with Crippen molar-refractivity contribution in [2.45, 2.75) is 51.1 Å². The molecule has 0 bridgehead atoms. The van der Waals surface area contributed by atoms with Gasteiger partial charge in [0.15, 0.2) is 0 Å². The van der Waals surface area contributed by atoms with Crippen molar-refractivity contribution in [3.05, 3.63) is 0 Å². The highest BCUT2D eigenvalue weighted by Gasteiger charge is 2.46. The summed E-state index contributed by atoms with van der Waals surface area (Å²) >= 11 is 0. The second kappa shape index (κ2) is 6.99. The van der Waals surface area contributed by atoms with Gasteiger partial charge in [0.1, 0.15) is 11.6 Å². The maximum atomic E-state index is 5.71. The monoisotopic (exact) mass is 309 g/mol. The van der Waals surface area contributed by atoms with Crippen LogP contribution in [0.25, 0.3) is 0 Å². The molecule has 0 saturated heterocycles. The minimum absolute atomic E-state index is 0.0355. The molecule has 0 amide bonds. The van der Waals surface area contributed by atoms with Crippen molar-refractivity contribution in [2.24, 2.45) is 21.8 Å². The Morgan fingerprint density at radius 1 is 1.23 bits per heavy atom. The molecule has 1 fully saturated rings. The van der Waals surface area contributed by atoms with Gasteiger partial charge in [0, 0.05) is 6.54 Å². The Hall–Kier alpha value is -1.10. The number of rotatable bonds is 6. The molecule has 0 N–H and O–H groups in total. The number of ether oxygens (including phenoxy) is 2. The molecule has 5 heteroatoms. The fraction of sp³-hybridized carbons (Fsp3) is 0.882. The summed E-state index contributed by atoms with van der Waals surface area (Å²) in [5.74, 6) is 2.65. The van der Waals surface area contributed by atoms with E-state index in [4.69, 9.17) is 19.5 Å². The van der Waals surface area contributed by atoms with E-state index in [9.17, 15) is 0 Å². The highest BCUT2D eigenvalue weighted by Crippen LogP contribution is 2.42. The van der Waals surface area contributed by atoms with Gasteiger partial charge in [0.05, 0.1) is 14.2 Å². The summed E-state index contributed by atoms with van der Waals surface area (Å²) in [5.41, 5.74) is -0.350. The SMILES string of the molecule is COC1=NC(CCN(C)C)(CC2CC2)C(OC)=NC1C(C)C. The highest BCUT2D eigenvalue weighted by atomic mass is 16.5. The molecule has 22 heavy (non-hydrogen) atoms. The third kappa shape index (κ3) is 3.80. The summed E-state index contributed by atoms with van der Waals surface area (Å²) in [7, 11) is 7.61. The van der Waals surface area contributed by atoms with Crippen molar-refractivity contribution >= 4 is 11.8 Å². The Bertz CT molecular complexity index is 441. The third-order valence-corrected chi connectivity index (χ3v) is 4.56. The Balaban J connectivity index is 2.34. The van der Waals surface area contributed by atoms with Gasteiger partial charge in [-0.05, 0) is 38.8 Å². The highest BCUT2D eigenvalue weighted by molar-refractivity contribution is 5.96. The molecule has 1 aliphatic heterocycles. The first-order valence-corrected chi connectivity index (χ1v) is 8.32. The van der Waals surface area contributed by atoms with Crippen LogP contribution in [0.1, 0.15) is 39.5 Å². The average Bonchev–Trinajstić information content (AvgIpc) is 3.28. The number of methoxy groups -OCH3 is 2. The molecule has 1 aliphatic carbocycles. The smallest absolute Gasteiger partial charge is 0.212 e. The normalized spacial score (nSPS) is 28.6. The van der Waals surface area contributed by atoms with Crippen LogP contribution in [0.3, 0.4) is 0 Å². The summed E-state index contributed by atoms with van der Waals surface area (Å²) in [6.07, 6.45) is 4.53. The lowest BCUT2D eigenvalue weighted by Crippen LogP contribution is -2.48. The summed E-state index contributed by atoms with van der Waals surface area (Å²) < 4.78 is 11.3. The molecule has 2 aliphatic rings. The molecule has 1 heterocycles. The fourth-order valence-electron chi connectivity index (χ4n) is 3.08. The van der Waals surface area contributed by atoms with Crippen molar-refractivity contribution in [2.75, 3.05) is 34.9 Å². The molecule has 2 rings (SSSR count). The first-order chi connectivity index (χ1) is 10.4. The number of aliphatic imine (C=N–C) groups is 2. The van der Waals surface area contributed by atoms with E-state index in [2.05, 4.69) is 32.8 Å². The standard InChI is InChI=1S/C17H31N3O2/c1-12(2)14-15(21-5)19-17(9-10-20(3)4,11-13-7-8-13)16(18-14)22-6/h12-14H,7-11H2,1-6H3. The zero-order chi connectivity index (χ0) is 16.3. The van der Waals surface area contributed by atoms with Crippen LogP contribution in [0.4, 0.5) is 0 Å². The second-order valence-corrected chi connectivity index (χ2v) is 7.21. The maximum Gasteiger partial charge on any atom is 0.212 e. The van der Waals surface area contributed by atoms with Gasteiger partial charge < -0.3 is 14.4 Å². The van der Waals surface area contributed by atoms with Crippen molar-refractivity contribution in [3.63, 3.8) is 0 Å². The van der Waals surface area contributed by atoms with Crippen molar-refractivity contribution in [3.8, 4) is 0 Å². The van der Waals surface area contributed by atoms with Gasteiger partial charge in [-0.2, -0.15) is 0 Å². The van der Waals surface area contributed by atoms with E-state index in [1.807, 2.05) is 0 Å². The lowest BCUT2D eigenvalue weighted by atomic mass is 9.86. The molecule has 2 unspecified atom stereocenters. The minimum atomic E-state index is -0.350. The van der Waals surface area contributed by atoms with Gasteiger partial charge >= 0.3 is 0 Å². The Labute approximate surface area is 134 Å². The molecule has 5 nitrogen and oxygen atoms in total. The van der Waals surface area contributed by atoms with Crippen molar-refractivity contribution in [1.82, 2.24) is 4.90 Å². The van der Waals surface area contributed by atoms with E-state index in [1.165, 1.54) is 12.8 Å². The summed E-state index contributed by atoms with van der Waals surface area (Å²) in [6.45, 7) is 5.25. The first kappa shape index (κ1) is 17.3. The Kier molecular flexibility index (Phi) is 5.48. The predicted octanol–water partition coefficient (Wildman–Crippen LogP) is 2.61. The predicted molar refractivity (Wildman–Crippen MR) is 90.8 cm³/mol. The minimum Gasteiger partial charge on any atom is -0.483 e. The van der Waals surface area contributed by atoms with Crippen LogP contribution in [0, 0.1) is 11.8 Å². The van der Waals surface area contributed by atoms with Gasteiger partial charge in [-0.1, -0.05) is 26.7 Å². The summed E-state index contributed by atoms with van der Waals surface area (Å²) in [5, 5.41) is 0. The zero-order valence-electron chi connectivity index (χ0n) is 14.9. The molecular formula is C17H31N3O2. The van der Waals surface area contributed by atoms with Gasteiger partial charge in [0.2, 0.25) is 11.8 Å². The van der Waals surface area contributed by atoms with Gasteiger partial charge in [-0.3, -0.25) is 0 Å². The maximum absolute atomic E-state index is 5.71. The van der Waals surface area contributed by atoms with Gasteiger partial charge in [0.25, 0.3) is 0 Å². The molecule has 0 spiro atoms. The number of hydrogen-bond acceptors (Lipinski definition) is 5. The quantitative estimate of drug-likeness (QED) is 0.757. The van der Waals surface area contributed by atoms with E-state index >= 15 is 0 Å². The van der Waals surface area contributed by atoms with Gasteiger partial charge in [-0.15, -0.1) is 0 Å². The third-order valence-electron chi connectivity index (χ3n) is 4.56. The lowest BCUT2D eigenvalue weighted by Gasteiger charge is -2.37. The van der Waals surface area contributed by atoms with Crippen LogP contribution >= 0.6 is 0 Å². The van der Waals surface area contributed by atoms with Crippen LogP contribution in [0.5, 0.6) is 0 Å². The van der Waals surface area contributed by atoms with Crippen LogP contribution in [-0.2, 0) is 9.47 Å². The molecule has 0 aromatic rings. The van der Waals surface area contributed by atoms with Crippen LogP contribution in [0.2, 0.25) is 0 Å². The topological polar surface area (TPSA) is 46.4 Å². The Morgan fingerprint density at radius 3 is 2.36 bits per heavy atom. The van der Waals surface area contributed by atoms with E-state index < -0.39 is 0 Å². The molecule has 0 aromatic heterocycles. The van der Waals surface area contributed by atoms with Crippen LogP contribution < -0.4 is 0 Å². The van der Waals surface area contributed by atoms with E-state index in [-0.39, 0.29) is 11.6 Å². The molecule has 126 valence electrons. The Morgan fingerprint density at radius 2 is 1.91 bits per heavy atom. The molecule has 0 aromatic carbocycles. The van der Waals surface area contributed by atoms with Crippen molar-refractivity contribution < 1.29 is 9.47 Å². The van der Waals surface area contributed by atoms with Gasteiger partial charge in [-0.25, -0.2) is 9.98 Å². The fourth-order valence-corrected chi connectivity index (χ4v) is 3.08. The summed E-state index contributed by atoms with van der Waals surface area (Å²) in [6, 6.07) is -0.0355. The number of nitrogens with zero attached hydrogens (tertiary/aromatic N) is 3. The molecular weight excluding hydrogens is 278 g/mol. The lowest BCUT2D eigenvalue weighted by molar-refractivity contribution is 0.266. The van der Waals surface area contributed by atoms with Crippen LogP contribution in [-0.4, -0.2) is 63.1 Å². The molecule has 0 radical (unpaired) electrons. The molecule has 1 saturated carbocycles.